The summed E-state index contributed by atoms with van der Waals surface area (Å²) in [6, 6.07) is 9.64. The molecule has 0 heterocycles. The van der Waals surface area contributed by atoms with Crippen molar-refractivity contribution in [1.29, 1.82) is 5.26 Å². The number of aliphatic hydroxyl groups is 1. The SMILES string of the molecule is N#Cc1ccccc1NCC1CC(O)C1. The van der Waals surface area contributed by atoms with E-state index in [-0.39, 0.29) is 6.10 Å². The molecule has 0 atom stereocenters. The molecule has 2 rings (SSSR count). The van der Waals surface area contributed by atoms with Crippen LogP contribution in [0.5, 0.6) is 0 Å². The minimum absolute atomic E-state index is 0.108. The van der Waals surface area contributed by atoms with E-state index in [0.717, 1.165) is 25.1 Å². The Morgan fingerprint density at radius 3 is 2.80 bits per heavy atom. The van der Waals surface area contributed by atoms with E-state index < -0.39 is 0 Å². The van der Waals surface area contributed by atoms with E-state index in [9.17, 15) is 0 Å². The van der Waals surface area contributed by atoms with Gasteiger partial charge >= 0.3 is 0 Å². The van der Waals surface area contributed by atoms with Crippen molar-refractivity contribution < 1.29 is 5.11 Å². The Morgan fingerprint density at radius 1 is 1.40 bits per heavy atom. The number of rotatable bonds is 3. The van der Waals surface area contributed by atoms with Gasteiger partial charge in [0.05, 0.1) is 17.4 Å². The van der Waals surface area contributed by atoms with E-state index in [0.29, 0.717) is 11.5 Å². The average molecular weight is 202 g/mol. The van der Waals surface area contributed by atoms with Crippen LogP contribution in [0.15, 0.2) is 24.3 Å². The first-order valence-electron chi connectivity index (χ1n) is 5.20. The number of hydrogen-bond acceptors (Lipinski definition) is 3. The third kappa shape index (κ3) is 2.28. The van der Waals surface area contributed by atoms with Gasteiger partial charge in [0.15, 0.2) is 0 Å². The molecule has 1 aliphatic carbocycles. The quantitative estimate of drug-likeness (QED) is 0.785. The Hall–Kier alpha value is -1.53. The second kappa shape index (κ2) is 4.33. The van der Waals surface area contributed by atoms with E-state index >= 15 is 0 Å². The first-order valence-corrected chi connectivity index (χ1v) is 5.20. The molecule has 1 fully saturated rings. The Balaban J connectivity index is 1.91. The standard InChI is InChI=1S/C12H14N2O/c13-7-10-3-1-2-4-12(10)14-8-9-5-11(15)6-9/h1-4,9,11,14-15H,5-6,8H2. The molecular weight excluding hydrogens is 188 g/mol. The van der Waals surface area contributed by atoms with Crippen LogP contribution in [0.2, 0.25) is 0 Å². The number of benzene rings is 1. The van der Waals surface area contributed by atoms with Gasteiger partial charge in [-0.05, 0) is 30.9 Å². The van der Waals surface area contributed by atoms with Gasteiger partial charge in [-0.25, -0.2) is 0 Å². The topological polar surface area (TPSA) is 56.0 Å². The van der Waals surface area contributed by atoms with Gasteiger partial charge in [-0.1, -0.05) is 12.1 Å². The van der Waals surface area contributed by atoms with Crippen LogP contribution in [0.4, 0.5) is 5.69 Å². The lowest BCUT2D eigenvalue weighted by Crippen LogP contribution is -2.33. The highest BCUT2D eigenvalue weighted by Crippen LogP contribution is 2.27. The van der Waals surface area contributed by atoms with Crippen molar-refractivity contribution in [3.8, 4) is 6.07 Å². The van der Waals surface area contributed by atoms with E-state index in [1.807, 2.05) is 18.2 Å². The summed E-state index contributed by atoms with van der Waals surface area (Å²) < 4.78 is 0. The van der Waals surface area contributed by atoms with Crippen molar-refractivity contribution in [2.75, 3.05) is 11.9 Å². The number of nitrogens with one attached hydrogen (secondary N) is 1. The van der Waals surface area contributed by atoms with Crippen molar-refractivity contribution in [1.82, 2.24) is 0 Å². The zero-order valence-electron chi connectivity index (χ0n) is 8.48. The molecule has 0 radical (unpaired) electrons. The fraction of sp³-hybridized carbons (Fsp3) is 0.417. The fourth-order valence-corrected chi connectivity index (χ4v) is 1.86. The predicted octanol–water partition coefficient (Wildman–Crippen LogP) is 1.74. The van der Waals surface area contributed by atoms with Gasteiger partial charge in [-0.15, -0.1) is 0 Å². The Morgan fingerprint density at radius 2 is 2.13 bits per heavy atom. The summed E-state index contributed by atoms with van der Waals surface area (Å²) in [4.78, 5) is 0. The third-order valence-electron chi connectivity index (χ3n) is 2.84. The summed E-state index contributed by atoms with van der Waals surface area (Å²) in [6.45, 7) is 0.843. The number of anilines is 1. The number of aliphatic hydroxyl groups excluding tert-OH is 1. The molecular formula is C12H14N2O. The molecule has 1 aromatic rings. The molecule has 3 heteroatoms. The molecule has 15 heavy (non-hydrogen) atoms. The second-order valence-corrected chi connectivity index (χ2v) is 4.03. The lowest BCUT2D eigenvalue weighted by atomic mass is 9.82. The first kappa shape index (κ1) is 10.0. The smallest absolute Gasteiger partial charge is 0.101 e. The van der Waals surface area contributed by atoms with Gasteiger partial charge in [0.25, 0.3) is 0 Å². The molecule has 0 aliphatic heterocycles. The summed E-state index contributed by atoms with van der Waals surface area (Å²) in [5.41, 5.74) is 1.57. The monoisotopic (exact) mass is 202 g/mol. The van der Waals surface area contributed by atoms with Crippen LogP contribution in [-0.4, -0.2) is 17.8 Å². The van der Waals surface area contributed by atoms with Crippen molar-refractivity contribution in [2.24, 2.45) is 5.92 Å². The molecule has 0 saturated heterocycles. The Kier molecular flexibility index (Phi) is 2.89. The highest BCUT2D eigenvalue weighted by molar-refractivity contribution is 5.57. The second-order valence-electron chi connectivity index (χ2n) is 4.03. The fourth-order valence-electron chi connectivity index (χ4n) is 1.86. The number of para-hydroxylation sites is 1. The molecule has 1 aliphatic rings. The van der Waals surface area contributed by atoms with Crippen LogP contribution in [0.25, 0.3) is 0 Å². The third-order valence-corrected chi connectivity index (χ3v) is 2.84. The molecule has 78 valence electrons. The van der Waals surface area contributed by atoms with Crippen molar-refractivity contribution in [3.05, 3.63) is 29.8 Å². The molecule has 0 bridgehead atoms. The molecule has 3 nitrogen and oxygen atoms in total. The molecule has 0 amide bonds. The van der Waals surface area contributed by atoms with Gasteiger partial charge in [0.1, 0.15) is 6.07 Å². The predicted molar refractivity (Wildman–Crippen MR) is 58.4 cm³/mol. The van der Waals surface area contributed by atoms with Gasteiger partial charge in [0, 0.05) is 6.54 Å². The maximum atomic E-state index is 9.14. The van der Waals surface area contributed by atoms with Gasteiger partial charge in [0.2, 0.25) is 0 Å². The maximum Gasteiger partial charge on any atom is 0.101 e. The highest BCUT2D eigenvalue weighted by Gasteiger charge is 2.26. The van der Waals surface area contributed by atoms with Crippen LogP contribution in [-0.2, 0) is 0 Å². The zero-order chi connectivity index (χ0) is 10.7. The summed E-state index contributed by atoms with van der Waals surface area (Å²) in [5.74, 6) is 0.548. The molecule has 0 spiro atoms. The molecule has 0 unspecified atom stereocenters. The van der Waals surface area contributed by atoms with Gasteiger partial charge < -0.3 is 10.4 Å². The van der Waals surface area contributed by atoms with Crippen molar-refractivity contribution in [2.45, 2.75) is 18.9 Å². The normalized spacial score (nSPS) is 24.0. The summed E-state index contributed by atoms with van der Waals surface area (Å²) in [6.07, 6.45) is 1.65. The number of nitriles is 1. The van der Waals surface area contributed by atoms with Gasteiger partial charge in [-0.2, -0.15) is 5.26 Å². The minimum Gasteiger partial charge on any atom is -0.393 e. The van der Waals surface area contributed by atoms with Crippen LogP contribution in [0, 0.1) is 17.2 Å². The molecule has 1 aromatic carbocycles. The lowest BCUT2D eigenvalue weighted by Gasteiger charge is -2.31. The van der Waals surface area contributed by atoms with E-state index in [4.69, 9.17) is 10.4 Å². The van der Waals surface area contributed by atoms with Crippen LogP contribution in [0.1, 0.15) is 18.4 Å². The number of hydrogen-bond donors (Lipinski definition) is 2. The minimum atomic E-state index is -0.108. The van der Waals surface area contributed by atoms with Crippen LogP contribution in [0.3, 0.4) is 0 Å². The summed E-state index contributed by atoms with van der Waals surface area (Å²) in [5, 5.41) is 21.3. The van der Waals surface area contributed by atoms with Crippen molar-refractivity contribution in [3.63, 3.8) is 0 Å². The Labute approximate surface area is 89.4 Å². The number of nitrogens with zero attached hydrogens (tertiary/aromatic N) is 1. The zero-order valence-corrected chi connectivity index (χ0v) is 8.48. The summed E-state index contributed by atoms with van der Waals surface area (Å²) >= 11 is 0. The van der Waals surface area contributed by atoms with Gasteiger partial charge in [-0.3, -0.25) is 0 Å². The van der Waals surface area contributed by atoms with E-state index in [2.05, 4.69) is 11.4 Å². The van der Waals surface area contributed by atoms with Crippen molar-refractivity contribution >= 4 is 5.69 Å². The lowest BCUT2D eigenvalue weighted by molar-refractivity contribution is 0.0487. The summed E-state index contributed by atoms with van der Waals surface area (Å²) in [7, 11) is 0. The molecule has 0 aromatic heterocycles. The van der Waals surface area contributed by atoms with Crippen LogP contribution < -0.4 is 5.32 Å². The first-order chi connectivity index (χ1) is 7.29. The van der Waals surface area contributed by atoms with E-state index in [1.54, 1.807) is 6.07 Å². The Bertz CT molecular complexity index is 377. The van der Waals surface area contributed by atoms with E-state index in [1.165, 1.54) is 0 Å². The highest BCUT2D eigenvalue weighted by atomic mass is 16.3. The molecule has 1 saturated carbocycles. The molecule has 2 N–H and O–H groups in total. The average Bonchev–Trinajstić information content (AvgIpc) is 2.23. The van der Waals surface area contributed by atoms with Crippen LogP contribution >= 0.6 is 0 Å². The largest absolute Gasteiger partial charge is 0.393 e. The maximum absolute atomic E-state index is 9.14.